The van der Waals surface area contributed by atoms with Gasteiger partial charge < -0.3 is 14.4 Å². The summed E-state index contributed by atoms with van der Waals surface area (Å²) in [4.78, 5) is 16.4. The van der Waals surface area contributed by atoms with E-state index in [1.54, 1.807) is 6.92 Å². The van der Waals surface area contributed by atoms with Crippen molar-refractivity contribution in [3.05, 3.63) is 35.5 Å². The average Bonchev–Trinajstić information content (AvgIpc) is 2.81. The largest absolute Gasteiger partial charge is 0.346 e. The molecule has 1 unspecified atom stereocenters. The number of aromatic nitrogens is 1. The lowest BCUT2D eigenvalue weighted by atomic mass is 9.94. The molecular formula is C19H27N3O. The summed E-state index contributed by atoms with van der Waals surface area (Å²) in [6.45, 7) is 3.59. The molecule has 0 saturated carbocycles. The Kier molecular flexibility index (Phi) is 4.44. The molecule has 3 rings (SSSR count). The van der Waals surface area contributed by atoms with Crippen LogP contribution in [0.25, 0.3) is 10.9 Å². The van der Waals surface area contributed by atoms with Crippen LogP contribution in [0.4, 0.5) is 0 Å². The lowest BCUT2D eigenvalue weighted by molar-refractivity contribution is -0.132. The van der Waals surface area contributed by atoms with Crippen LogP contribution in [0.3, 0.4) is 0 Å². The van der Waals surface area contributed by atoms with E-state index >= 15 is 0 Å². The fraction of sp³-hybridized carbons (Fsp3) is 0.526. The fourth-order valence-electron chi connectivity index (χ4n) is 3.98. The van der Waals surface area contributed by atoms with Crippen LogP contribution in [0, 0.1) is 0 Å². The number of rotatable bonds is 4. The molecule has 124 valence electrons. The highest BCUT2D eigenvalue weighted by Crippen LogP contribution is 2.38. The summed E-state index contributed by atoms with van der Waals surface area (Å²) in [6, 6.07) is 8.81. The number of para-hydroxylation sites is 1. The maximum absolute atomic E-state index is 12.1. The smallest absolute Gasteiger partial charge is 0.220 e. The normalized spacial score (nSPS) is 17.8. The minimum Gasteiger partial charge on any atom is -0.346 e. The van der Waals surface area contributed by atoms with E-state index < -0.39 is 0 Å². The third-order valence-electron chi connectivity index (χ3n) is 5.04. The zero-order chi connectivity index (χ0) is 16.6. The zero-order valence-corrected chi connectivity index (χ0v) is 14.7. The third-order valence-corrected chi connectivity index (χ3v) is 5.04. The molecule has 0 bridgehead atoms. The van der Waals surface area contributed by atoms with Crippen LogP contribution in [-0.4, -0.2) is 47.5 Å². The molecular weight excluding hydrogens is 286 g/mol. The molecule has 0 fully saturated rings. The number of nitrogens with zero attached hydrogens (tertiary/aromatic N) is 3. The fourth-order valence-corrected chi connectivity index (χ4v) is 3.98. The van der Waals surface area contributed by atoms with Crippen molar-refractivity contribution in [3.8, 4) is 0 Å². The van der Waals surface area contributed by atoms with Gasteiger partial charge in [0.15, 0.2) is 0 Å². The Hall–Kier alpha value is -1.81. The van der Waals surface area contributed by atoms with E-state index in [9.17, 15) is 4.79 Å². The monoisotopic (exact) mass is 313 g/mol. The topological polar surface area (TPSA) is 28.5 Å². The molecule has 1 aromatic heterocycles. The van der Waals surface area contributed by atoms with Gasteiger partial charge >= 0.3 is 0 Å². The van der Waals surface area contributed by atoms with Crippen molar-refractivity contribution in [2.45, 2.75) is 32.2 Å². The number of hydrogen-bond acceptors (Lipinski definition) is 2. The molecule has 4 nitrogen and oxygen atoms in total. The molecule has 1 amide bonds. The Bertz CT molecular complexity index is 717. The number of benzene rings is 1. The van der Waals surface area contributed by atoms with Crippen molar-refractivity contribution >= 4 is 16.8 Å². The lowest BCUT2D eigenvalue weighted by Gasteiger charge is -2.36. The van der Waals surface area contributed by atoms with Crippen LogP contribution in [0.2, 0.25) is 0 Å². The number of amides is 1. The van der Waals surface area contributed by atoms with E-state index in [1.165, 1.54) is 22.2 Å². The summed E-state index contributed by atoms with van der Waals surface area (Å²) in [5, 5.41) is 1.35. The summed E-state index contributed by atoms with van der Waals surface area (Å²) in [7, 11) is 6.35. The minimum absolute atomic E-state index is 0.191. The van der Waals surface area contributed by atoms with Crippen molar-refractivity contribution < 1.29 is 4.79 Å². The summed E-state index contributed by atoms with van der Waals surface area (Å²) in [6.07, 6.45) is 3.08. The summed E-state index contributed by atoms with van der Waals surface area (Å²) < 4.78 is 2.31. The first kappa shape index (κ1) is 16.1. The zero-order valence-electron chi connectivity index (χ0n) is 14.7. The molecule has 1 aliphatic rings. The molecule has 2 aromatic rings. The highest BCUT2D eigenvalue weighted by atomic mass is 16.2. The second-order valence-electron chi connectivity index (χ2n) is 6.86. The molecule has 4 heteroatoms. The summed E-state index contributed by atoms with van der Waals surface area (Å²) in [5.74, 6) is 0.191. The number of fused-ring (bicyclic) bond motifs is 3. The second-order valence-corrected chi connectivity index (χ2v) is 6.86. The standard InChI is InChI=1S/C19H27N3O/c1-14(23)22-13-11-16-15-8-5-6-9-17(15)21(4)19(16)18(22)10-7-12-20(2)3/h5-6,8-9,18H,7,10-13H2,1-4H3. The Morgan fingerprint density at radius 2 is 2.04 bits per heavy atom. The number of aryl methyl sites for hydroxylation is 1. The first-order valence-electron chi connectivity index (χ1n) is 8.49. The Morgan fingerprint density at radius 3 is 2.74 bits per heavy atom. The Morgan fingerprint density at radius 1 is 1.30 bits per heavy atom. The molecule has 0 aliphatic carbocycles. The van der Waals surface area contributed by atoms with Crippen molar-refractivity contribution in [1.29, 1.82) is 0 Å². The van der Waals surface area contributed by atoms with Crippen molar-refractivity contribution in [3.63, 3.8) is 0 Å². The van der Waals surface area contributed by atoms with Crippen LogP contribution >= 0.6 is 0 Å². The van der Waals surface area contributed by atoms with Crippen molar-refractivity contribution in [1.82, 2.24) is 14.4 Å². The van der Waals surface area contributed by atoms with Crippen molar-refractivity contribution in [2.24, 2.45) is 7.05 Å². The average molecular weight is 313 g/mol. The van der Waals surface area contributed by atoms with Gasteiger partial charge in [0.1, 0.15) is 0 Å². The molecule has 0 spiro atoms. The second kappa shape index (κ2) is 6.36. The predicted octanol–water partition coefficient (Wildman–Crippen LogP) is 2.97. The number of carbonyl (C=O) groups excluding carboxylic acids is 1. The van der Waals surface area contributed by atoms with Gasteiger partial charge in [0, 0.05) is 37.1 Å². The minimum atomic E-state index is 0.191. The van der Waals surface area contributed by atoms with Gasteiger partial charge in [-0.15, -0.1) is 0 Å². The van der Waals surface area contributed by atoms with Gasteiger partial charge in [-0.2, -0.15) is 0 Å². The van der Waals surface area contributed by atoms with Gasteiger partial charge in [0.2, 0.25) is 5.91 Å². The molecule has 1 aromatic carbocycles. The first-order valence-corrected chi connectivity index (χ1v) is 8.49. The van der Waals surface area contributed by atoms with E-state index in [1.807, 2.05) is 0 Å². The third kappa shape index (κ3) is 2.88. The van der Waals surface area contributed by atoms with E-state index in [2.05, 4.69) is 59.8 Å². The van der Waals surface area contributed by atoms with Gasteiger partial charge in [-0.1, -0.05) is 18.2 Å². The molecule has 1 atom stereocenters. The van der Waals surface area contributed by atoms with E-state index in [0.717, 1.165) is 32.4 Å². The van der Waals surface area contributed by atoms with Gasteiger partial charge in [-0.05, 0) is 51.5 Å². The van der Waals surface area contributed by atoms with Crippen molar-refractivity contribution in [2.75, 3.05) is 27.2 Å². The Labute approximate surface area is 138 Å². The van der Waals surface area contributed by atoms with Crippen LogP contribution < -0.4 is 0 Å². The maximum atomic E-state index is 12.1. The predicted molar refractivity (Wildman–Crippen MR) is 94.5 cm³/mol. The first-order chi connectivity index (χ1) is 11.0. The van der Waals surface area contributed by atoms with E-state index in [-0.39, 0.29) is 11.9 Å². The van der Waals surface area contributed by atoms with Gasteiger partial charge in [-0.25, -0.2) is 0 Å². The van der Waals surface area contributed by atoms with Gasteiger partial charge in [-0.3, -0.25) is 4.79 Å². The molecule has 0 radical (unpaired) electrons. The van der Waals surface area contributed by atoms with Crippen LogP contribution in [-0.2, 0) is 18.3 Å². The highest BCUT2D eigenvalue weighted by Gasteiger charge is 2.32. The quantitative estimate of drug-likeness (QED) is 0.868. The van der Waals surface area contributed by atoms with Crippen LogP contribution in [0.1, 0.15) is 37.1 Å². The van der Waals surface area contributed by atoms with E-state index in [4.69, 9.17) is 0 Å². The van der Waals surface area contributed by atoms with Gasteiger partial charge in [0.05, 0.1) is 6.04 Å². The molecule has 23 heavy (non-hydrogen) atoms. The summed E-state index contributed by atoms with van der Waals surface area (Å²) >= 11 is 0. The molecule has 0 saturated heterocycles. The number of carbonyl (C=O) groups is 1. The maximum Gasteiger partial charge on any atom is 0.220 e. The lowest BCUT2D eigenvalue weighted by Crippen LogP contribution is -2.39. The van der Waals surface area contributed by atoms with Gasteiger partial charge in [0.25, 0.3) is 0 Å². The van der Waals surface area contributed by atoms with E-state index in [0.29, 0.717) is 0 Å². The van der Waals surface area contributed by atoms with Crippen LogP contribution in [0.15, 0.2) is 24.3 Å². The Balaban J connectivity index is 2.02. The van der Waals surface area contributed by atoms with Crippen LogP contribution in [0.5, 0.6) is 0 Å². The highest BCUT2D eigenvalue weighted by molar-refractivity contribution is 5.86. The molecule has 2 heterocycles. The SMILES string of the molecule is CC(=O)N1CCc2c(n(C)c3ccccc23)C1CCCN(C)C. The molecule has 1 aliphatic heterocycles. The molecule has 0 N–H and O–H groups in total. The number of hydrogen-bond donors (Lipinski definition) is 0. The summed E-state index contributed by atoms with van der Waals surface area (Å²) in [5.41, 5.74) is 4.06.